The summed E-state index contributed by atoms with van der Waals surface area (Å²) in [6.45, 7) is 3.64. The molecule has 0 amide bonds. The number of nitriles is 1. The third-order valence-electron chi connectivity index (χ3n) is 2.40. The Kier molecular flexibility index (Phi) is 4.41. The van der Waals surface area contributed by atoms with Crippen molar-refractivity contribution in [2.75, 3.05) is 6.61 Å². The second-order valence-corrected chi connectivity index (χ2v) is 3.82. The molecule has 0 saturated heterocycles. The molecule has 3 nitrogen and oxygen atoms in total. The minimum absolute atomic E-state index is 0.00222. The van der Waals surface area contributed by atoms with Gasteiger partial charge in [-0.15, -0.1) is 0 Å². The quantitative estimate of drug-likeness (QED) is 0.815. The summed E-state index contributed by atoms with van der Waals surface area (Å²) in [5.74, 6) is -0.399. The van der Waals surface area contributed by atoms with E-state index >= 15 is 0 Å². The maximum atomic E-state index is 13.6. The molecule has 0 aliphatic rings. The summed E-state index contributed by atoms with van der Waals surface area (Å²) in [6.07, 6.45) is 0. The van der Waals surface area contributed by atoms with Crippen molar-refractivity contribution in [1.82, 2.24) is 5.32 Å². The Balaban J connectivity index is 2.84. The normalized spacial score (nSPS) is 14.2. The number of rotatable bonds is 4. The standard InChI is InChI=1S/C12H15FN2O/c1-8(7-16)15-9(2)11-4-3-10(6-14)5-12(11)13/h3-5,8-9,15-16H,7H2,1-2H3. The molecule has 2 N–H and O–H groups in total. The molecule has 2 unspecified atom stereocenters. The van der Waals surface area contributed by atoms with Crippen LogP contribution < -0.4 is 5.32 Å². The number of aliphatic hydroxyl groups is 1. The first-order valence-corrected chi connectivity index (χ1v) is 5.15. The van der Waals surface area contributed by atoms with Gasteiger partial charge in [0.25, 0.3) is 0 Å². The van der Waals surface area contributed by atoms with E-state index in [4.69, 9.17) is 10.4 Å². The van der Waals surface area contributed by atoms with Crippen molar-refractivity contribution >= 4 is 0 Å². The number of hydrogen-bond donors (Lipinski definition) is 2. The second kappa shape index (κ2) is 5.59. The topological polar surface area (TPSA) is 56.0 Å². The van der Waals surface area contributed by atoms with E-state index in [1.54, 1.807) is 12.1 Å². The lowest BCUT2D eigenvalue weighted by Gasteiger charge is -2.19. The molecule has 1 aromatic carbocycles. The van der Waals surface area contributed by atoms with Crippen LogP contribution in [0.4, 0.5) is 4.39 Å². The second-order valence-electron chi connectivity index (χ2n) is 3.82. The zero-order valence-corrected chi connectivity index (χ0v) is 9.37. The van der Waals surface area contributed by atoms with Crippen LogP contribution in [0, 0.1) is 17.1 Å². The number of halogens is 1. The van der Waals surface area contributed by atoms with Crippen molar-refractivity contribution in [1.29, 1.82) is 5.26 Å². The first-order valence-electron chi connectivity index (χ1n) is 5.15. The molecule has 0 aliphatic carbocycles. The molecule has 4 heteroatoms. The van der Waals surface area contributed by atoms with E-state index in [2.05, 4.69) is 5.32 Å². The molecular weight excluding hydrogens is 207 g/mol. The SMILES string of the molecule is CC(CO)NC(C)c1ccc(C#N)cc1F. The highest BCUT2D eigenvalue weighted by atomic mass is 19.1. The van der Waals surface area contributed by atoms with Crippen molar-refractivity contribution in [2.45, 2.75) is 25.9 Å². The van der Waals surface area contributed by atoms with Crippen LogP contribution in [0.1, 0.15) is 31.0 Å². The zero-order chi connectivity index (χ0) is 12.1. The Morgan fingerprint density at radius 2 is 2.19 bits per heavy atom. The summed E-state index contributed by atoms with van der Waals surface area (Å²) in [4.78, 5) is 0. The monoisotopic (exact) mass is 222 g/mol. The van der Waals surface area contributed by atoms with E-state index in [1.807, 2.05) is 19.9 Å². The Labute approximate surface area is 94.5 Å². The average Bonchev–Trinajstić information content (AvgIpc) is 2.28. The molecule has 0 heterocycles. The lowest BCUT2D eigenvalue weighted by Crippen LogP contribution is -2.32. The molecule has 0 spiro atoms. The third-order valence-corrected chi connectivity index (χ3v) is 2.40. The summed E-state index contributed by atoms with van der Waals surface area (Å²) in [5, 5.41) is 20.5. The Bertz CT molecular complexity index is 400. The summed E-state index contributed by atoms with van der Waals surface area (Å²) in [6, 6.07) is 5.99. The fourth-order valence-electron chi connectivity index (χ4n) is 1.52. The first-order chi connectivity index (χ1) is 7.58. The summed E-state index contributed by atoms with van der Waals surface area (Å²) in [5.41, 5.74) is 0.808. The van der Waals surface area contributed by atoms with Gasteiger partial charge in [0.1, 0.15) is 5.82 Å². The van der Waals surface area contributed by atoms with Crippen molar-refractivity contribution in [3.8, 4) is 6.07 Å². The van der Waals surface area contributed by atoms with Crippen LogP contribution in [0.3, 0.4) is 0 Å². The van der Waals surface area contributed by atoms with Crippen LogP contribution in [-0.4, -0.2) is 17.8 Å². The van der Waals surface area contributed by atoms with Gasteiger partial charge in [-0.3, -0.25) is 0 Å². The summed E-state index contributed by atoms with van der Waals surface area (Å²) in [7, 11) is 0. The number of nitrogens with one attached hydrogen (secondary N) is 1. The number of hydrogen-bond acceptors (Lipinski definition) is 3. The predicted molar refractivity (Wildman–Crippen MR) is 59.2 cm³/mol. The van der Waals surface area contributed by atoms with Gasteiger partial charge in [-0.1, -0.05) is 6.07 Å². The van der Waals surface area contributed by atoms with Gasteiger partial charge in [-0.2, -0.15) is 5.26 Å². The van der Waals surface area contributed by atoms with Gasteiger partial charge in [-0.05, 0) is 26.0 Å². The van der Waals surface area contributed by atoms with Crippen LogP contribution in [-0.2, 0) is 0 Å². The Morgan fingerprint density at radius 1 is 1.50 bits per heavy atom. The Morgan fingerprint density at radius 3 is 2.69 bits per heavy atom. The highest BCUT2D eigenvalue weighted by Crippen LogP contribution is 2.18. The predicted octanol–water partition coefficient (Wildman–Crippen LogP) is 1.73. The van der Waals surface area contributed by atoms with Crippen LogP contribution in [0.5, 0.6) is 0 Å². The third kappa shape index (κ3) is 3.02. The molecular formula is C12H15FN2O. The molecule has 1 rings (SSSR count). The number of benzene rings is 1. The van der Waals surface area contributed by atoms with Gasteiger partial charge >= 0.3 is 0 Å². The highest BCUT2D eigenvalue weighted by Gasteiger charge is 2.13. The van der Waals surface area contributed by atoms with Gasteiger partial charge in [0.2, 0.25) is 0 Å². The fraction of sp³-hybridized carbons (Fsp3) is 0.417. The number of nitrogens with zero attached hydrogens (tertiary/aromatic N) is 1. The Hall–Kier alpha value is -1.44. The van der Waals surface area contributed by atoms with E-state index in [0.717, 1.165) is 0 Å². The number of aliphatic hydroxyl groups excluding tert-OH is 1. The molecule has 16 heavy (non-hydrogen) atoms. The van der Waals surface area contributed by atoms with Gasteiger partial charge in [0, 0.05) is 17.6 Å². The van der Waals surface area contributed by atoms with Crippen molar-refractivity contribution in [2.24, 2.45) is 0 Å². The van der Waals surface area contributed by atoms with Crippen molar-refractivity contribution in [3.63, 3.8) is 0 Å². The molecule has 2 atom stereocenters. The molecule has 0 fully saturated rings. The van der Waals surface area contributed by atoms with E-state index in [-0.39, 0.29) is 18.7 Å². The van der Waals surface area contributed by atoms with E-state index in [0.29, 0.717) is 11.1 Å². The van der Waals surface area contributed by atoms with Crippen LogP contribution in [0.15, 0.2) is 18.2 Å². The highest BCUT2D eigenvalue weighted by molar-refractivity contribution is 5.34. The molecule has 0 bridgehead atoms. The van der Waals surface area contributed by atoms with Crippen molar-refractivity contribution < 1.29 is 9.50 Å². The molecule has 86 valence electrons. The minimum atomic E-state index is -0.399. The van der Waals surface area contributed by atoms with Crippen LogP contribution in [0.25, 0.3) is 0 Å². The lowest BCUT2D eigenvalue weighted by molar-refractivity contribution is 0.242. The van der Waals surface area contributed by atoms with Gasteiger partial charge < -0.3 is 10.4 Å². The first kappa shape index (κ1) is 12.6. The largest absolute Gasteiger partial charge is 0.395 e. The maximum Gasteiger partial charge on any atom is 0.129 e. The van der Waals surface area contributed by atoms with Gasteiger partial charge in [0.05, 0.1) is 18.2 Å². The lowest BCUT2D eigenvalue weighted by atomic mass is 10.0. The van der Waals surface area contributed by atoms with E-state index < -0.39 is 5.82 Å². The van der Waals surface area contributed by atoms with Gasteiger partial charge in [0.15, 0.2) is 0 Å². The summed E-state index contributed by atoms with van der Waals surface area (Å²) >= 11 is 0. The minimum Gasteiger partial charge on any atom is -0.395 e. The summed E-state index contributed by atoms with van der Waals surface area (Å²) < 4.78 is 13.6. The van der Waals surface area contributed by atoms with Crippen LogP contribution >= 0.6 is 0 Å². The fourth-order valence-corrected chi connectivity index (χ4v) is 1.52. The van der Waals surface area contributed by atoms with E-state index in [9.17, 15) is 4.39 Å². The molecule has 0 saturated carbocycles. The molecule has 0 aliphatic heterocycles. The smallest absolute Gasteiger partial charge is 0.129 e. The average molecular weight is 222 g/mol. The van der Waals surface area contributed by atoms with Crippen LogP contribution in [0.2, 0.25) is 0 Å². The maximum absolute atomic E-state index is 13.6. The molecule has 0 radical (unpaired) electrons. The van der Waals surface area contributed by atoms with Crippen molar-refractivity contribution in [3.05, 3.63) is 35.1 Å². The van der Waals surface area contributed by atoms with Gasteiger partial charge in [-0.25, -0.2) is 4.39 Å². The van der Waals surface area contributed by atoms with E-state index in [1.165, 1.54) is 6.07 Å². The zero-order valence-electron chi connectivity index (χ0n) is 9.37. The molecule has 1 aromatic rings. The molecule has 0 aromatic heterocycles.